The Kier molecular flexibility index (Phi) is 5.56. The molecule has 0 unspecified atom stereocenters. The largest absolute Gasteiger partial charge is 0.381 e. The van der Waals surface area contributed by atoms with Crippen LogP contribution in [-0.4, -0.2) is 18.3 Å². The first kappa shape index (κ1) is 14.9. The van der Waals surface area contributed by atoms with Crippen LogP contribution >= 0.6 is 12.2 Å². The topological polar surface area (TPSA) is 47.3 Å². The molecule has 1 fully saturated rings. The third-order valence-corrected chi connectivity index (χ3v) is 3.31. The molecule has 1 aliphatic heterocycles. The van der Waals surface area contributed by atoms with Gasteiger partial charge in [-0.1, -0.05) is 19.6 Å². The van der Waals surface area contributed by atoms with Gasteiger partial charge in [0.05, 0.1) is 0 Å². The van der Waals surface area contributed by atoms with Crippen LogP contribution < -0.4 is 11.1 Å². The molecule has 0 spiro atoms. The van der Waals surface area contributed by atoms with E-state index >= 15 is 0 Å². The lowest BCUT2D eigenvalue weighted by atomic mass is 9.91. The van der Waals surface area contributed by atoms with Crippen LogP contribution in [-0.2, 0) is 4.74 Å². The summed E-state index contributed by atoms with van der Waals surface area (Å²) in [6, 6.07) is 6.46. The standard InChI is InChI=1S/C13H18N2OS.CH4/c1-9-2-3-11(8-12(9)15-13(14)17)10-4-6-16-7-5-10;/h2-3,8,10H,4-7H2,1H3,(H3,14,15,17);1H4. The van der Waals surface area contributed by atoms with Gasteiger partial charge in [-0.05, 0) is 55.1 Å². The Morgan fingerprint density at radius 3 is 2.67 bits per heavy atom. The van der Waals surface area contributed by atoms with E-state index in [4.69, 9.17) is 22.7 Å². The summed E-state index contributed by atoms with van der Waals surface area (Å²) in [6.07, 6.45) is 2.19. The summed E-state index contributed by atoms with van der Waals surface area (Å²) in [5, 5.41) is 3.35. The molecule has 0 amide bonds. The Morgan fingerprint density at radius 2 is 2.06 bits per heavy atom. The monoisotopic (exact) mass is 266 g/mol. The predicted octanol–water partition coefficient (Wildman–Crippen LogP) is 3.18. The second-order valence-electron chi connectivity index (χ2n) is 4.45. The van der Waals surface area contributed by atoms with Gasteiger partial charge in [-0.25, -0.2) is 0 Å². The number of rotatable bonds is 2. The fraction of sp³-hybridized carbons (Fsp3) is 0.500. The highest BCUT2D eigenvalue weighted by molar-refractivity contribution is 7.80. The van der Waals surface area contributed by atoms with Crippen molar-refractivity contribution >= 4 is 23.0 Å². The summed E-state index contributed by atoms with van der Waals surface area (Å²) < 4.78 is 5.38. The third kappa shape index (κ3) is 3.68. The Bertz CT molecular complexity index is 414. The van der Waals surface area contributed by atoms with Gasteiger partial charge in [0.25, 0.3) is 0 Å². The highest BCUT2D eigenvalue weighted by Gasteiger charge is 2.16. The summed E-state index contributed by atoms with van der Waals surface area (Å²) in [6.45, 7) is 3.77. The average molecular weight is 266 g/mol. The molecular weight excluding hydrogens is 244 g/mol. The van der Waals surface area contributed by atoms with Crippen molar-refractivity contribution in [2.75, 3.05) is 18.5 Å². The lowest BCUT2D eigenvalue weighted by Gasteiger charge is -2.23. The second kappa shape index (κ2) is 6.71. The number of hydrogen-bond donors (Lipinski definition) is 2. The quantitative estimate of drug-likeness (QED) is 0.807. The van der Waals surface area contributed by atoms with E-state index in [1.807, 2.05) is 6.92 Å². The number of aryl methyl sites for hydroxylation is 1. The summed E-state index contributed by atoms with van der Waals surface area (Å²) in [4.78, 5) is 0. The molecule has 18 heavy (non-hydrogen) atoms. The number of hydrogen-bond acceptors (Lipinski definition) is 2. The van der Waals surface area contributed by atoms with Crippen molar-refractivity contribution in [1.82, 2.24) is 0 Å². The van der Waals surface area contributed by atoms with Crippen LogP contribution in [0.5, 0.6) is 0 Å². The van der Waals surface area contributed by atoms with E-state index in [0.717, 1.165) is 37.3 Å². The van der Waals surface area contributed by atoms with Crippen LogP contribution in [0.3, 0.4) is 0 Å². The Morgan fingerprint density at radius 1 is 1.39 bits per heavy atom. The molecule has 0 aromatic heterocycles. The van der Waals surface area contributed by atoms with Gasteiger partial charge in [-0.3, -0.25) is 0 Å². The Balaban J connectivity index is 0.00000162. The maximum atomic E-state index is 5.52. The van der Waals surface area contributed by atoms with E-state index in [-0.39, 0.29) is 7.43 Å². The van der Waals surface area contributed by atoms with Gasteiger partial charge >= 0.3 is 0 Å². The third-order valence-electron chi connectivity index (χ3n) is 3.21. The minimum absolute atomic E-state index is 0. The summed E-state index contributed by atoms with van der Waals surface area (Å²) in [5.41, 5.74) is 9.04. The molecule has 0 radical (unpaired) electrons. The zero-order chi connectivity index (χ0) is 12.3. The summed E-state index contributed by atoms with van der Waals surface area (Å²) in [7, 11) is 0. The van der Waals surface area contributed by atoms with Gasteiger partial charge in [-0.15, -0.1) is 0 Å². The Labute approximate surface area is 115 Å². The van der Waals surface area contributed by atoms with Crippen molar-refractivity contribution < 1.29 is 4.74 Å². The van der Waals surface area contributed by atoms with Crippen LogP contribution in [0.1, 0.15) is 37.3 Å². The fourth-order valence-electron chi connectivity index (χ4n) is 2.19. The molecule has 1 aromatic carbocycles. The van der Waals surface area contributed by atoms with Gasteiger partial charge in [-0.2, -0.15) is 0 Å². The molecule has 1 aromatic rings. The van der Waals surface area contributed by atoms with E-state index in [1.54, 1.807) is 0 Å². The van der Waals surface area contributed by atoms with Crippen LogP contribution in [0.25, 0.3) is 0 Å². The van der Waals surface area contributed by atoms with Crippen LogP contribution in [0.2, 0.25) is 0 Å². The van der Waals surface area contributed by atoms with Crippen LogP contribution in [0.15, 0.2) is 18.2 Å². The first-order valence-corrected chi connectivity index (χ1v) is 6.32. The zero-order valence-corrected chi connectivity index (χ0v) is 10.8. The minimum Gasteiger partial charge on any atom is -0.381 e. The number of ether oxygens (including phenoxy) is 1. The van der Waals surface area contributed by atoms with Crippen LogP contribution in [0, 0.1) is 6.92 Å². The van der Waals surface area contributed by atoms with Crippen molar-refractivity contribution in [3.8, 4) is 0 Å². The smallest absolute Gasteiger partial charge is 0.168 e. The van der Waals surface area contributed by atoms with Gasteiger partial charge in [0.1, 0.15) is 0 Å². The molecule has 1 heterocycles. The van der Waals surface area contributed by atoms with E-state index < -0.39 is 0 Å². The van der Waals surface area contributed by atoms with E-state index in [0.29, 0.717) is 11.0 Å². The average Bonchev–Trinajstić information content (AvgIpc) is 2.32. The molecule has 0 bridgehead atoms. The highest BCUT2D eigenvalue weighted by atomic mass is 32.1. The SMILES string of the molecule is C.Cc1ccc(C2CCOCC2)cc1NC(N)=S. The molecule has 0 aliphatic carbocycles. The predicted molar refractivity (Wildman–Crippen MR) is 81.1 cm³/mol. The summed E-state index contributed by atoms with van der Waals surface area (Å²) in [5.74, 6) is 0.594. The van der Waals surface area contributed by atoms with E-state index in [9.17, 15) is 0 Å². The molecule has 1 saturated heterocycles. The van der Waals surface area contributed by atoms with Crippen molar-refractivity contribution in [3.05, 3.63) is 29.3 Å². The molecule has 0 saturated carbocycles. The van der Waals surface area contributed by atoms with Crippen LogP contribution in [0.4, 0.5) is 5.69 Å². The molecule has 3 N–H and O–H groups in total. The number of anilines is 1. The highest BCUT2D eigenvalue weighted by Crippen LogP contribution is 2.29. The summed E-state index contributed by atoms with van der Waals surface area (Å²) >= 11 is 4.88. The molecular formula is C14H22N2OS. The van der Waals surface area contributed by atoms with Gasteiger partial charge in [0.2, 0.25) is 0 Å². The lowest BCUT2D eigenvalue weighted by molar-refractivity contribution is 0.0853. The maximum Gasteiger partial charge on any atom is 0.168 e. The van der Waals surface area contributed by atoms with Crippen molar-refractivity contribution in [3.63, 3.8) is 0 Å². The first-order valence-electron chi connectivity index (χ1n) is 5.91. The lowest BCUT2D eigenvalue weighted by Crippen LogP contribution is -2.20. The van der Waals surface area contributed by atoms with Crippen molar-refractivity contribution in [1.29, 1.82) is 0 Å². The molecule has 0 atom stereocenters. The molecule has 2 rings (SSSR count). The number of benzene rings is 1. The van der Waals surface area contributed by atoms with E-state index in [1.165, 1.54) is 5.56 Å². The minimum atomic E-state index is 0. The van der Waals surface area contributed by atoms with Gasteiger partial charge in [0, 0.05) is 18.9 Å². The molecule has 3 nitrogen and oxygen atoms in total. The zero-order valence-electron chi connectivity index (χ0n) is 10.0. The van der Waals surface area contributed by atoms with Gasteiger partial charge < -0.3 is 15.8 Å². The Hall–Kier alpha value is -1.13. The number of nitrogens with one attached hydrogen (secondary N) is 1. The first-order chi connectivity index (χ1) is 8.16. The normalized spacial score (nSPS) is 15.8. The fourth-order valence-corrected chi connectivity index (χ4v) is 2.30. The number of thiocarbonyl (C=S) groups is 1. The van der Waals surface area contributed by atoms with Crippen molar-refractivity contribution in [2.45, 2.75) is 33.1 Å². The molecule has 100 valence electrons. The molecule has 4 heteroatoms. The molecule has 1 aliphatic rings. The number of nitrogens with two attached hydrogens (primary N) is 1. The van der Waals surface area contributed by atoms with E-state index in [2.05, 4.69) is 23.5 Å². The van der Waals surface area contributed by atoms with Crippen molar-refractivity contribution in [2.24, 2.45) is 5.73 Å². The second-order valence-corrected chi connectivity index (χ2v) is 4.89. The maximum absolute atomic E-state index is 5.52. The van der Waals surface area contributed by atoms with Gasteiger partial charge in [0.15, 0.2) is 5.11 Å².